The molecule has 0 unspecified atom stereocenters. The third kappa shape index (κ3) is 3.34. The quantitative estimate of drug-likeness (QED) is 0.423. The van der Waals surface area contributed by atoms with E-state index >= 15 is 0 Å². The molecule has 0 amide bonds. The fraction of sp³-hybridized carbons (Fsp3) is 0.0526. The summed E-state index contributed by atoms with van der Waals surface area (Å²) in [6.45, 7) is 0.316. The van der Waals surface area contributed by atoms with E-state index in [2.05, 4.69) is 9.97 Å². The van der Waals surface area contributed by atoms with Gasteiger partial charge < -0.3 is 9.55 Å². The van der Waals surface area contributed by atoms with Crippen molar-refractivity contribution in [2.24, 2.45) is 0 Å². The number of hydrogen-bond donors (Lipinski definition) is 1. The van der Waals surface area contributed by atoms with Crippen LogP contribution in [0.3, 0.4) is 0 Å². The second-order valence-corrected chi connectivity index (χ2v) is 7.52. The zero-order valence-corrected chi connectivity index (χ0v) is 16.7. The third-order valence-electron chi connectivity index (χ3n) is 4.23. The van der Waals surface area contributed by atoms with Gasteiger partial charge in [0.25, 0.3) is 5.56 Å². The Balaban J connectivity index is 2.02. The second-order valence-electron chi connectivity index (χ2n) is 5.89. The molecule has 0 bridgehead atoms. The van der Waals surface area contributed by atoms with E-state index in [1.54, 1.807) is 48.7 Å². The molecule has 0 radical (unpaired) electrons. The highest BCUT2D eigenvalue weighted by Gasteiger charge is 2.18. The summed E-state index contributed by atoms with van der Waals surface area (Å²) in [4.78, 5) is 19.6. The molecule has 0 aliphatic rings. The Bertz CT molecular complexity index is 1210. The molecule has 0 atom stereocenters. The van der Waals surface area contributed by atoms with E-state index in [0.29, 0.717) is 43.5 Å². The first-order valence-corrected chi connectivity index (χ1v) is 9.43. The smallest absolute Gasteiger partial charge is 0.258 e. The summed E-state index contributed by atoms with van der Waals surface area (Å²) in [5.74, 6) is 0.473. The molecule has 27 heavy (non-hydrogen) atoms. The van der Waals surface area contributed by atoms with Gasteiger partial charge in [0.2, 0.25) is 0 Å². The van der Waals surface area contributed by atoms with Gasteiger partial charge in [0, 0.05) is 21.8 Å². The van der Waals surface area contributed by atoms with Crippen molar-refractivity contribution in [1.29, 1.82) is 0 Å². The van der Waals surface area contributed by atoms with E-state index in [0.717, 1.165) is 11.1 Å². The van der Waals surface area contributed by atoms with Crippen molar-refractivity contribution in [3.63, 3.8) is 0 Å². The first kappa shape index (κ1) is 18.4. The van der Waals surface area contributed by atoms with Gasteiger partial charge in [-0.2, -0.15) is 0 Å². The Labute approximate surface area is 174 Å². The molecule has 4 aromatic rings. The maximum absolute atomic E-state index is 12.4. The molecular weight excluding hydrogens is 428 g/mol. The molecular formula is C19H11Cl4N3O. The number of H-pyrrole nitrogens is 1. The van der Waals surface area contributed by atoms with E-state index in [4.69, 9.17) is 46.4 Å². The van der Waals surface area contributed by atoms with E-state index in [9.17, 15) is 4.79 Å². The van der Waals surface area contributed by atoms with Crippen LogP contribution in [0.25, 0.3) is 22.4 Å². The first-order chi connectivity index (χ1) is 13.0. The van der Waals surface area contributed by atoms with Crippen molar-refractivity contribution in [3.8, 4) is 11.4 Å². The summed E-state index contributed by atoms with van der Waals surface area (Å²) in [5, 5.41) is 1.83. The van der Waals surface area contributed by atoms with Crippen molar-refractivity contribution in [2.75, 3.05) is 0 Å². The number of nitrogens with zero attached hydrogens (tertiary/aromatic N) is 2. The second kappa shape index (κ2) is 7.21. The number of aromatic amines is 1. The van der Waals surface area contributed by atoms with Crippen LogP contribution in [-0.2, 0) is 6.54 Å². The van der Waals surface area contributed by atoms with Crippen molar-refractivity contribution in [2.45, 2.75) is 6.54 Å². The number of benzene rings is 2. The summed E-state index contributed by atoms with van der Waals surface area (Å²) >= 11 is 25.1. The maximum atomic E-state index is 12.4. The zero-order valence-electron chi connectivity index (χ0n) is 13.6. The van der Waals surface area contributed by atoms with Crippen molar-refractivity contribution < 1.29 is 0 Å². The minimum atomic E-state index is -0.253. The molecule has 2 aromatic heterocycles. The molecule has 2 aromatic carbocycles. The van der Waals surface area contributed by atoms with Crippen molar-refractivity contribution in [1.82, 2.24) is 14.5 Å². The summed E-state index contributed by atoms with van der Waals surface area (Å²) in [7, 11) is 0. The fourth-order valence-corrected chi connectivity index (χ4v) is 3.76. The first-order valence-electron chi connectivity index (χ1n) is 7.92. The Morgan fingerprint density at radius 3 is 2.33 bits per heavy atom. The molecule has 1 N–H and O–H groups in total. The topological polar surface area (TPSA) is 50.7 Å². The van der Waals surface area contributed by atoms with Gasteiger partial charge in [0.15, 0.2) is 0 Å². The maximum Gasteiger partial charge on any atom is 0.258 e. The van der Waals surface area contributed by atoms with Crippen LogP contribution >= 0.6 is 46.4 Å². The van der Waals surface area contributed by atoms with Crippen LogP contribution < -0.4 is 5.56 Å². The van der Waals surface area contributed by atoms with Gasteiger partial charge in [-0.05, 0) is 36.4 Å². The van der Waals surface area contributed by atoms with Crippen LogP contribution in [-0.4, -0.2) is 14.5 Å². The minimum Gasteiger partial charge on any atom is -0.328 e. The number of aromatic nitrogens is 3. The Hall–Kier alpha value is -1.98. The number of imidazole rings is 1. The number of fused-ring (bicyclic) bond motifs is 1. The molecule has 0 aliphatic carbocycles. The van der Waals surface area contributed by atoms with E-state index < -0.39 is 0 Å². The molecule has 0 saturated carbocycles. The number of nitrogens with one attached hydrogen (secondary N) is 1. The number of pyridine rings is 1. The van der Waals surface area contributed by atoms with Crippen LogP contribution in [0.4, 0.5) is 0 Å². The van der Waals surface area contributed by atoms with Crippen LogP contribution in [0.15, 0.2) is 53.5 Å². The number of rotatable bonds is 3. The van der Waals surface area contributed by atoms with Crippen molar-refractivity contribution in [3.05, 3.63) is 84.7 Å². The van der Waals surface area contributed by atoms with Gasteiger partial charge in [0.05, 0.1) is 33.2 Å². The van der Waals surface area contributed by atoms with E-state index in [-0.39, 0.29) is 5.56 Å². The summed E-state index contributed by atoms with van der Waals surface area (Å²) in [6.07, 6.45) is 1.57. The molecule has 4 nitrogen and oxygen atoms in total. The number of halogens is 4. The predicted octanol–water partition coefficient (Wildman–Crippen LogP) is 6.05. The number of hydrogen-bond acceptors (Lipinski definition) is 2. The molecule has 0 spiro atoms. The highest BCUT2D eigenvalue weighted by atomic mass is 35.5. The fourth-order valence-electron chi connectivity index (χ4n) is 2.92. The van der Waals surface area contributed by atoms with E-state index in [1.165, 1.54) is 0 Å². The molecule has 2 heterocycles. The average molecular weight is 439 g/mol. The van der Waals surface area contributed by atoms with Crippen LogP contribution in [0.1, 0.15) is 5.56 Å². The van der Waals surface area contributed by atoms with E-state index in [1.807, 2.05) is 4.57 Å². The summed E-state index contributed by atoms with van der Waals surface area (Å²) in [6, 6.07) is 12.1. The predicted molar refractivity (Wildman–Crippen MR) is 111 cm³/mol. The molecule has 0 aliphatic heterocycles. The van der Waals surface area contributed by atoms with Gasteiger partial charge in [-0.25, -0.2) is 4.98 Å². The van der Waals surface area contributed by atoms with Crippen LogP contribution in [0.5, 0.6) is 0 Å². The normalized spacial score (nSPS) is 11.3. The zero-order chi connectivity index (χ0) is 19.1. The lowest BCUT2D eigenvalue weighted by molar-refractivity contribution is 0.833. The lowest BCUT2D eigenvalue weighted by Crippen LogP contribution is -2.12. The van der Waals surface area contributed by atoms with Gasteiger partial charge in [-0.15, -0.1) is 0 Å². The third-order valence-corrected chi connectivity index (χ3v) is 5.66. The molecule has 0 fully saturated rings. The van der Waals surface area contributed by atoms with Crippen LogP contribution in [0.2, 0.25) is 20.1 Å². The Kier molecular flexibility index (Phi) is 4.91. The largest absolute Gasteiger partial charge is 0.328 e. The summed E-state index contributed by atoms with van der Waals surface area (Å²) < 4.78 is 1.86. The highest BCUT2D eigenvalue weighted by molar-refractivity contribution is 6.42. The SMILES string of the molecule is O=c1[nH]cccc1-c1nc2cc(Cl)c(Cl)cc2n1Cc1c(Cl)cccc1Cl. The molecule has 8 heteroatoms. The summed E-state index contributed by atoms with van der Waals surface area (Å²) in [5.41, 5.74) is 2.23. The molecule has 136 valence electrons. The highest BCUT2D eigenvalue weighted by Crippen LogP contribution is 2.33. The molecule has 0 saturated heterocycles. The van der Waals surface area contributed by atoms with Gasteiger partial charge in [-0.1, -0.05) is 52.5 Å². The Morgan fingerprint density at radius 1 is 0.926 bits per heavy atom. The van der Waals surface area contributed by atoms with Crippen LogP contribution in [0, 0.1) is 0 Å². The van der Waals surface area contributed by atoms with Gasteiger partial charge in [0.1, 0.15) is 5.82 Å². The lowest BCUT2D eigenvalue weighted by atomic mass is 10.2. The lowest BCUT2D eigenvalue weighted by Gasteiger charge is -2.12. The van der Waals surface area contributed by atoms with Gasteiger partial charge >= 0.3 is 0 Å². The average Bonchev–Trinajstić information content (AvgIpc) is 2.96. The van der Waals surface area contributed by atoms with Gasteiger partial charge in [-0.3, -0.25) is 4.79 Å². The monoisotopic (exact) mass is 437 g/mol. The standard InChI is InChI=1S/C19H11Cl4N3O/c20-12-4-1-5-13(21)11(12)9-26-17-8-15(23)14(22)7-16(17)25-18(26)10-3-2-6-24-19(10)27/h1-8H,9H2,(H,24,27). The Morgan fingerprint density at radius 2 is 1.63 bits per heavy atom. The minimum absolute atomic E-state index is 0.253. The van der Waals surface area contributed by atoms with Crippen molar-refractivity contribution >= 4 is 57.4 Å². The molecule has 4 rings (SSSR count).